The monoisotopic (exact) mass is 508 g/mol. The van der Waals surface area contributed by atoms with Crippen LogP contribution < -0.4 is 9.46 Å². The van der Waals surface area contributed by atoms with Crippen LogP contribution in [0.15, 0.2) is 84.9 Å². The summed E-state index contributed by atoms with van der Waals surface area (Å²) in [6, 6.07) is 25.2. The molecule has 0 unspecified atom stereocenters. The standard InChI is InChI=1S/C26H24N2O7S/c29-25(30)24(26(31)32)35-21-12-11-19-13-20(28-23(19)14-21)15-27-36(33,34)16-22(17-7-3-1-4-8-17)18-9-5-2-6-10-18/h1-14,22,24,27-28H,15-16H2,(H,29,30)(H,31,32). The number of fused-ring (bicyclic) bond motifs is 1. The first-order chi connectivity index (χ1) is 17.2. The van der Waals surface area contributed by atoms with Gasteiger partial charge >= 0.3 is 11.9 Å². The van der Waals surface area contributed by atoms with E-state index in [1.54, 1.807) is 12.1 Å². The molecule has 0 radical (unpaired) electrons. The Labute approximate surface area is 207 Å². The lowest BCUT2D eigenvalue weighted by molar-refractivity contribution is -0.159. The van der Waals surface area contributed by atoms with Crippen LogP contribution in [0.1, 0.15) is 22.7 Å². The van der Waals surface area contributed by atoms with Crippen LogP contribution in [0.2, 0.25) is 0 Å². The molecule has 0 spiro atoms. The molecule has 0 aliphatic heterocycles. The van der Waals surface area contributed by atoms with Gasteiger partial charge in [0.2, 0.25) is 10.0 Å². The first-order valence-corrected chi connectivity index (χ1v) is 12.7. The summed E-state index contributed by atoms with van der Waals surface area (Å²) in [5.41, 5.74) is 2.92. The molecule has 0 saturated heterocycles. The summed E-state index contributed by atoms with van der Waals surface area (Å²) in [5, 5.41) is 18.7. The van der Waals surface area contributed by atoms with Crippen molar-refractivity contribution in [2.75, 3.05) is 5.75 Å². The maximum Gasteiger partial charge on any atom is 0.356 e. The third kappa shape index (κ3) is 6.09. The smallest absolute Gasteiger partial charge is 0.356 e. The fraction of sp³-hybridized carbons (Fsp3) is 0.154. The number of aliphatic carboxylic acids is 2. The van der Waals surface area contributed by atoms with E-state index in [1.165, 1.54) is 12.1 Å². The van der Waals surface area contributed by atoms with Crippen LogP contribution in [0.25, 0.3) is 10.9 Å². The zero-order chi connectivity index (χ0) is 25.7. The fourth-order valence-corrected chi connectivity index (χ4v) is 5.22. The second-order valence-electron chi connectivity index (χ2n) is 8.19. The number of H-pyrrole nitrogens is 1. The average molecular weight is 509 g/mol. The van der Waals surface area contributed by atoms with Crippen LogP contribution in [0.4, 0.5) is 0 Å². The van der Waals surface area contributed by atoms with Crippen molar-refractivity contribution in [2.45, 2.75) is 18.6 Å². The van der Waals surface area contributed by atoms with Crippen LogP contribution in [0, 0.1) is 0 Å². The Hall–Kier alpha value is -4.15. The molecular weight excluding hydrogens is 484 g/mol. The van der Waals surface area contributed by atoms with Gasteiger partial charge in [0.1, 0.15) is 5.75 Å². The lowest BCUT2D eigenvalue weighted by atomic mass is 9.93. The van der Waals surface area contributed by atoms with E-state index in [1.807, 2.05) is 60.7 Å². The van der Waals surface area contributed by atoms with E-state index in [9.17, 15) is 18.0 Å². The van der Waals surface area contributed by atoms with Crippen molar-refractivity contribution >= 4 is 32.9 Å². The van der Waals surface area contributed by atoms with E-state index in [0.29, 0.717) is 11.2 Å². The van der Waals surface area contributed by atoms with Gasteiger partial charge in [-0.2, -0.15) is 0 Å². The molecule has 0 aliphatic carbocycles. The molecule has 0 fully saturated rings. The third-order valence-electron chi connectivity index (χ3n) is 5.62. The highest BCUT2D eigenvalue weighted by molar-refractivity contribution is 7.89. The van der Waals surface area contributed by atoms with Gasteiger partial charge in [0.15, 0.2) is 0 Å². The van der Waals surface area contributed by atoms with E-state index in [-0.39, 0.29) is 24.0 Å². The Bertz CT molecular complexity index is 1410. The Morgan fingerprint density at radius 1 is 0.861 bits per heavy atom. The molecule has 1 heterocycles. The molecule has 1 aromatic heterocycles. The van der Waals surface area contributed by atoms with Gasteiger partial charge in [-0.05, 0) is 34.7 Å². The van der Waals surface area contributed by atoms with E-state index in [0.717, 1.165) is 16.5 Å². The van der Waals surface area contributed by atoms with E-state index in [4.69, 9.17) is 14.9 Å². The number of carbonyl (C=O) groups is 2. The second kappa shape index (κ2) is 10.6. The number of carboxylic acids is 2. The summed E-state index contributed by atoms with van der Waals surface area (Å²) in [4.78, 5) is 25.2. The Kier molecular flexibility index (Phi) is 7.37. The zero-order valence-electron chi connectivity index (χ0n) is 19.0. The lowest BCUT2D eigenvalue weighted by Crippen LogP contribution is -2.35. The molecule has 9 nitrogen and oxygen atoms in total. The SMILES string of the molecule is O=C(O)C(Oc1ccc2cc(CNS(=O)(=O)CC(c3ccccc3)c3ccccc3)[nH]c2c1)C(=O)O. The predicted octanol–water partition coefficient (Wildman–Crippen LogP) is 3.34. The largest absolute Gasteiger partial charge is 0.478 e. The minimum absolute atomic E-state index is 0.0103. The molecular formula is C26H24N2O7S. The predicted molar refractivity (Wildman–Crippen MR) is 133 cm³/mol. The molecule has 4 N–H and O–H groups in total. The average Bonchev–Trinajstić information content (AvgIpc) is 3.28. The number of sulfonamides is 1. The number of benzene rings is 3. The number of aromatic nitrogens is 1. The molecule has 10 heteroatoms. The highest BCUT2D eigenvalue weighted by atomic mass is 32.2. The number of hydrogen-bond donors (Lipinski definition) is 4. The minimum Gasteiger partial charge on any atom is -0.478 e. The van der Waals surface area contributed by atoms with Gasteiger partial charge in [0, 0.05) is 23.2 Å². The summed E-state index contributed by atoms with van der Waals surface area (Å²) in [5.74, 6) is -3.66. The Morgan fingerprint density at radius 3 is 2.00 bits per heavy atom. The van der Waals surface area contributed by atoms with Gasteiger partial charge in [0.05, 0.1) is 12.3 Å². The van der Waals surface area contributed by atoms with Crippen LogP contribution in [0.3, 0.4) is 0 Å². The first-order valence-electron chi connectivity index (χ1n) is 11.0. The van der Waals surface area contributed by atoms with E-state index in [2.05, 4.69) is 9.71 Å². The van der Waals surface area contributed by atoms with Gasteiger partial charge in [0.25, 0.3) is 6.10 Å². The van der Waals surface area contributed by atoms with Gasteiger partial charge in [-0.15, -0.1) is 0 Å². The van der Waals surface area contributed by atoms with E-state index >= 15 is 0 Å². The third-order valence-corrected chi connectivity index (χ3v) is 6.98. The quantitative estimate of drug-likeness (QED) is 0.227. The number of ether oxygens (including phenoxy) is 1. The summed E-state index contributed by atoms with van der Waals surface area (Å²) in [6.07, 6.45) is -2.04. The zero-order valence-corrected chi connectivity index (χ0v) is 19.8. The molecule has 0 atom stereocenters. The number of carboxylic acid groups (broad SMARTS) is 2. The van der Waals surface area contributed by atoms with Crippen molar-refractivity contribution < 1.29 is 33.0 Å². The van der Waals surface area contributed by atoms with Crippen LogP contribution in [-0.2, 0) is 26.2 Å². The van der Waals surface area contributed by atoms with Crippen molar-refractivity contribution in [1.29, 1.82) is 0 Å². The van der Waals surface area contributed by atoms with Gasteiger partial charge < -0.3 is 19.9 Å². The Balaban J connectivity index is 1.48. The molecule has 36 heavy (non-hydrogen) atoms. The van der Waals surface area contributed by atoms with Crippen molar-refractivity contribution in [3.63, 3.8) is 0 Å². The van der Waals surface area contributed by atoms with Crippen molar-refractivity contribution in [3.05, 3.63) is 102 Å². The van der Waals surface area contributed by atoms with Crippen molar-refractivity contribution in [1.82, 2.24) is 9.71 Å². The summed E-state index contributed by atoms with van der Waals surface area (Å²) in [7, 11) is -3.68. The van der Waals surface area contributed by atoms with Gasteiger partial charge in [-0.25, -0.2) is 22.7 Å². The molecule has 4 rings (SSSR count). The van der Waals surface area contributed by atoms with Crippen LogP contribution in [-0.4, -0.2) is 47.4 Å². The summed E-state index contributed by atoms with van der Waals surface area (Å²) in [6.45, 7) is 0.0103. The maximum atomic E-state index is 13.0. The summed E-state index contributed by atoms with van der Waals surface area (Å²) >= 11 is 0. The van der Waals surface area contributed by atoms with E-state index < -0.39 is 28.1 Å². The lowest BCUT2D eigenvalue weighted by Gasteiger charge is -2.18. The number of hydrogen-bond acceptors (Lipinski definition) is 5. The summed E-state index contributed by atoms with van der Waals surface area (Å²) < 4.78 is 33.7. The molecule has 0 amide bonds. The van der Waals surface area contributed by atoms with Crippen molar-refractivity contribution in [2.24, 2.45) is 0 Å². The van der Waals surface area contributed by atoms with Gasteiger partial charge in [-0.1, -0.05) is 60.7 Å². The number of nitrogens with one attached hydrogen (secondary N) is 2. The first kappa shape index (κ1) is 25.0. The van der Waals surface area contributed by atoms with Crippen LogP contribution in [0.5, 0.6) is 5.75 Å². The highest BCUT2D eigenvalue weighted by Crippen LogP contribution is 2.26. The van der Waals surface area contributed by atoms with Gasteiger partial charge in [-0.3, -0.25) is 0 Å². The molecule has 186 valence electrons. The normalized spacial score (nSPS) is 11.7. The number of aromatic amines is 1. The highest BCUT2D eigenvalue weighted by Gasteiger charge is 2.28. The maximum absolute atomic E-state index is 13.0. The Morgan fingerprint density at radius 2 is 1.44 bits per heavy atom. The second-order valence-corrected chi connectivity index (χ2v) is 10.0. The number of rotatable bonds is 11. The van der Waals surface area contributed by atoms with Crippen molar-refractivity contribution in [3.8, 4) is 5.75 Å². The molecule has 0 bridgehead atoms. The minimum atomic E-state index is -3.68. The molecule has 3 aromatic carbocycles. The molecule has 0 saturated carbocycles. The van der Waals surface area contributed by atoms with Crippen LogP contribution >= 0.6 is 0 Å². The molecule has 0 aliphatic rings. The molecule has 4 aromatic rings. The topological polar surface area (TPSA) is 146 Å². The fourth-order valence-electron chi connectivity index (χ4n) is 3.90.